The lowest BCUT2D eigenvalue weighted by molar-refractivity contribution is -0.0931. The molecule has 1 heterocycles. The molecule has 1 fully saturated rings. The number of alkyl halides is 2. The van der Waals surface area contributed by atoms with Crippen LogP contribution in [0.4, 0.5) is 8.78 Å². The SMILES string of the molecule is CCCCC(F)(F)C(O)/C=C/[C@H]1CC[C@@H]2Oc3cc(C(=O)O)ccc3CC[C@@H]21. The largest absolute Gasteiger partial charge is 0.490 e. The highest BCUT2D eigenvalue weighted by atomic mass is 19.3. The number of aliphatic hydroxyl groups excluding tert-OH is 1. The highest BCUT2D eigenvalue weighted by molar-refractivity contribution is 5.88. The van der Waals surface area contributed by atoms with E-state index in [1.54, 1.807) is 24.3 Å². The summed E-state index contributed by atoms with van der Waals surface area (Å²) in [6.45, 7) is 1.85. The number of fused-ring (bicyclic) bond motifs is 2. The van der Waals surface area contributed by atoms with Crippen LogP contribution in [0.3, 0.4) is 0 Å². The van der Waals surface area contributed by atoms with E-state index in [2.05, 4.69) is 0 Å². The van der Waals surface area contributed by atoms with Crippen LogP contribution in [0.5, 0.6) is 5.75 Å². The van der Waals surface area contributed by atoms with Crippen LogP contribution in [-0.4, -0.2) is 34.3 Å². The molecular weight excluding hydrogens is 366 g/mol. The fourth-order valence-corrected chi connectivity index (χ4v) is 4.28. The van der Waals surface area contributed by atoms with Crippen LogP contribution in [-0.2, 0) is 6.42 Å². The van der Waals surface area contributed by atoms with Crippen LogP contribution in [0.15, 0.2) is 30.4 Å². The van der Waals surface area contributed by atoms with Gasteiger partial charge in [-0.1, -0.05) is 31.6 Å². The number of carboxylic acid groups (broad SMARTS) is 1. The maximum absolute atomic E-state index is 14.0. The van der Waals surface area contributed by atoms with E-state index in [1.807, 2.05) is 6.92 Å². The summed E-state index contributed by atoms with van der Waals surface area (Å²) in [5.41, 5.74) is 1.18. The first-order valence-electron chi connectivity index (χ1n) is 10.1. The zero-order valence-electron chi connectivity index (χ0n) is 16.1. The van der Waals surface area contributed by atoms with Crippen LogP contribution in [0.2, 0.25) is 0 Å². The van der Waals surface area contributed by atoms with Gasteiger partial charge in [-0.2, -0.15) is 0 Å². The van der Waals surface area contributed by atoms with Crippen molar-refractivity contribution in [1.82, 2.24) is 0 Å². The molecule has 6 heteroatoms. The second-order valence-corrected chi connectivity index (χ2v) is 7.92. The summed E-state index contributed by atoms with van der Waals surface area (Å²) in [6, 6.07) is 4.95. The third-order valence-electron chi connectivity index (χ3n) is 5.99. The van der Waals surface area contributed by atoms with Gasteiger partial charge in [0.1, 0.15) is 18.0 Å². The minimum atomic E-state index is -3.10. The van der Waals surface area contributed by atoms with Gasteiger partial charge >= 0.3 is 5.97 Å². The molecule has 0 saturated heterocycles. The lowest BCUT2D eigenvalue weighted by Crippen LogP contribution is -2.32. The van der Waals surface area contributed by atoms with Crippen LogP contribution < -0.4 is 4.74 Å². The first kappa shape index (κ1) is 20.8. The summed E-state index contributed by atoms with van der Waals surface area (Å²) < 4.78 is 34.1. The number of aliphatic hydroxyl groups is 1. The number of benzene rings is 1. The standard InChI is InChI=1S/C22H28F2O4/c1-2-3-12-22(23,24)20(25)11-8-14-7-10-18-17(14)9-6-15-4-5-16(21(26)27)13-19(15)28-18/h4-5,8,11,13-14,17-18,20,25H,2-3,6-7,9-10,12H2,1H3,(H,26,27)/b11-8+/t14-,17-,18+,20?/m1/s1. The molecule has 0 spiro atoms. The van der Waals surface area contributed by atoms with E-state index in [1.165, 1.54) is 6.08 Å². The fourth-order valence-electron chi connectivity index (χ4n) is 4.28. The Morgan fingerprint density at radius 1 is 1.36 bits per heavy atom. The van der Waals surface area contributed by atoms with Gasteiger partial charge in [0.2, 0.25) is 0 Å². The number of rotatable bonds is 7. The van der Waals surface area contributed by atoms with Gasteiger partial charge < -0.3 is 14.9 Å². The monoisotopic (exact) mass is 394 g/mol. The lowest BCUT2D eigenvalue weighted by atomic mass is 9.88. The molecule has 1 saturated carbocycles. The second-order valence-electron chi connectivity index (χ2n) is 7.92. The van der Waals surface area contributed by atoms with Crippen LogP contribution in [0, 0.1) is 11.8 Å². The highest BCUT2D eigenvalue weighted by Gasteiger charge is 2.40. The molecule has 3 rings (SSSR count). The van der Waals surface area contributed by atoms with Crippen molar-refractivity contribution in [3.05, 3.63) is 41.5 Å². The molecule has 1 aliphatic heterocycles. The zero-order chi connectivity index (χ0) is 20.3. The Morgan fingerprint density at radius 3 is 2.86 bits per heavy atom. The van der Waals surface area contributed by atoms with Crippen molar-refractivity contribution in [2.45, 2.75) is 70.0 Å². The molecule has 0 radical (unpaired) electrons. The molecule has 0 bridgehead atoms. The first-order valence-corrected chi connectivity index (χ1v) is 10.1. The Balaban J connectivity index is 1.67. The summed E-state index contributed by atoms with van der Waals surface area (Å²) in [4.78, 5) is 11.2. The van der Waals surface area contributed by atoms with Crippen LogP contribution in [0.25, 0.3) is 0 Å². The van der Waals surface area contributed by atoms with Crippen molar-refractivity contribution in [2.75, 3.05) is 0 Å². The Labute approximate surface area is 164 Å². The average molecular weight is 394 g/mol. The van der Waals surface area contributed by atoms with E-state index in [0.717, 1.165) is 31.2 Å². The van der Waals surface area contributed by atoms with Gasteiger partial charge in [-0.3, -0.25) is 0 Å². The number of ether oxygens (including phenoxy) is 1. The van der Waals surface area contributed by atoms with Crippen molar-refractivity contribution >= 4 is 5.97 Å². The topological polar surface area (TPSA) is 66.8 Å². The second kappa shape index (κ2) is 8.60. The van der Waals surface area contributed by atoms with E-state index in [0.29, 0.717) is 18.6 Å². The van der Waals surface area contributed by atoms with E-state index in [9.17, 15) is 23.8 Å². The number of unbranched alkanes of at least 4 members (excludes halogenated alkanes) is 1. The van der Waals surface area contributed by atoms with E-state index < -0.39 is 18.0 Å². The molecule has 4 nitrogen and oxygen atoms in total. The quantitative estimate of drug-likeness (QED) is 0.649. The molecule has 2 aliphatic rings. The smallest absolute Gasteiger partial charge is 0.335 e. The number of allylic oxidation sites excluding steroid dienone is 1. The molecule has 0 aromatic heterocycles. The van der Waals surface area contributed by atoms with Gasteiger partial charge in [0, 0.05) is 12.3 Å². The molecule has 1 unspecified atom stereocenters. The van der Waals surface area contributed by atoms with Gasteiger partial charge in [0.25, 0.3) is 5.92 Å². The van der Waals surface area contributed by atoms with Gasteiger partial charge in [0.05, 0.1) is 5.56 Å². The maximum atomic E-state index is 14.0. The molecule has 4 atom stereocenters. The number of carboxylic acids is 1. The molecule has 1 aliphatic carbocycles. The Hall–Kier alpha value is -1.95. The Morgan fingerprint density at radius 2 is 2.14 bits per heavy atom. The summed E-state index contributed by atoms with van der Waals surface area (Å²) in [7, 11) is 0. The summed E-state index contributed by atoms with van der Waals surface area (Å²) in [6.07, 6.45) is 5.12. The third-order valence-corrected chi connectivity index (χ3v) is 5.99. The highest BCUT2D eigenvalue weighted by Crippen LogP contribution is 2.42. The van der Waals surface area contributed by atoms with E-state index in [-0.39, 0.29) is 29.9 Å². The van der Waals surface area contributed by atoms with E-state index >= 15 is 0 Å². The number of aryl methyl sites for hydroxylation is 1. The number of halogens is 2. The molecule has 2 N–H and O–H groups in total. The number of aromatic carboxylic acids is 1. The average Bonchev–Trinajstić information content (AvgIpc) is 2.94. The van der Waals surface area contributed by atoms with Crippen molar-refractivity contribution < 1.29 is 28.5 Å². The van der Waals surface area contributed by atoms with Crippen molar-refractivity contribution in [3.63, 3.8) is 0 Å². The van der Waals surface area contributed by atoms with Crippen molar-refractivity contribution in [1.29, 1.82) is 0 Å². The van der Waals surface area contributed by atoms with Gasteiger partial charge in [-0.05, 0) is 55.7 Å². The van der Waals surface area contributed by atoms with E-state index in [4.69, 9.17) is 4.74 Å². The summed E-state index contributed by atoms with van der Waals surface area (Å²) >= 11 is 0. The summed E-state index contributed by atoms with van der Waals surface area (Å²) in [5.74, 6) is -3.22. The molecule has 1 aromatic carbocycles. The molecule has 154 valence electrons. The lowest BCUT2D eigenvalue weighted by Gasteiger charge is -2.23. The molecule has 1 aromatic rings. The summed E-state index contributed by atoms with van der Waals surface area (Å²) in [5, 5.41) is 19.1. The predicted molar refractivity (Wildman–Crippen MR) is 102 cm³/mol. The fraction of sp³-hybridized carbons (Fsp3) is 0.591. The third kappa shape index (κ3) is 4.54. The number of hydrogen-bond acceptors (Lipinski definition) is 3. The van der Waals surface area contributed by atoms with Crippen LogP contribution >= 0.6 is 0 Å². The number of hydrogen-bond donors (Lipinski definition) is 2. The maximum Gasteiger partial charge on any atom is 0.335 e. The normalized spacial score (nSPS) is 25.6. The predicted octanol–water partition coefficient (Wildman–Crippen LogP) is 4.85. The van der Waals surface area contributed by atoms with Gasteiger partial charge in [-0.15, -0.1) is 0 Å². The zero-order valence-corrected chi connectivity index (χ0v) is 16.1. The van der Waals surface area contributed by atoms with Gasteiger partial charge in [-0.25, -0.2) is 13.6 Å². The minimum absolute atomic E-state index is 0.0577. The Bertz CT molecular complexity index is 731. The van der Waals surface area contributed by atoms with Crippen molar-refractivity contribution in [2.24, 2.45) is 11.8 Å². The minimum Gasteiger partial charge on any atom is -0.490 e. The van der Waals surface area contributed by atoms with Crippen LogP contribution in [0.1, 0.15) is 61.4 Å². The molecule has 28 heavy (non-hydrogen) atoms. The number of carbonyl (C=O) groups is 1. The van der Waals surface area contributed by atoms with Crippen molar-refractivity contribution in [3.8, 4) is 5.75 Å². The first-order chi connectivity index (χ1) is 13.3. The molecular formula is C22H28F2O4. The molecule has 0 amide bonds. The van der Waals surface area contributed by atoms with Gasteiger partial charge in [0.15, 0.2) is 0 Å². The Kier molecular flexibility index (Phi) is 6.38.